The van der Waals surface area contributed by atoms with Crippen LogP contribution in [0.1, 0.15) is 54.8 Å². The summed E-state index contributed by atoms with van der Waals surface area (Å²) in [5.41, 5.74) is 1.35. The Balaban J connectivity index is 1.49. The van der Waals surface area contributed by atoms with Crippen molar-refractivity contribution in [2.45, 2.75) is 45.6 Å². The van der Waals surface area contributed by atoms with Crippen molar-refractivity contribution in [2.75, 3.05) is 39.3 Å². The van der Waals surface area contributed by atoms with Crippen molar-refractivity contribution >= 4 is 5.91 Å². The van der Waals surface area contributed by atoms with E-state index in [1.165, 1.54) is 12.8 Å². The van der Waals surface area contributed by atoms with Crippen LogP contribution in [0.25, 0.3) is 0 Å². The number of aromatic nitrogens is 3. The number of rotatable bonds is 5. The highest BCUT2D eigenvalue weighted by molar-refractivity contribution is 5.93. The summed E-state index contributed by atoms with van der Waals surface area (Å²) >= 11 is 0. The van der Waals surface area contributed by atoms with Crippen molar-refractivity contribution in [3.8, 4) is 0 Å². The molecular formula is C17H30N6O. The lowest BCUT2D eigenvalue weighted by Crippen LogP contribution is -2.39. The predicted molar refractivity (Wildman–Crippen MR) is 93.1 cm³/mol. The second-order valence-corrected chi connectivity index (χ2v) is 7.23. The second-order valence-electron chi connectivity index (χ2n) is 7.23. The topological polar surface area (TPSA) is 75.1 Å². The first-order valence-electron chi connectivity index (χ1n) is 9.28. The van der Waals surface area contributed by atoms with Crippen LogP contribution in [0.3, 0.4) is 0 Å². The summed E-state index contributed by atoms with van der Waals surface area (Å²) in [5.74, 6) is 0.738. The molecule has 134 valence electrons. The number of hydrogen-bond donors (Lipinski definition) is 2. The third-order valence-electron chi connectivity index (χ3n) is 5.39. The molecule has 3 heterocycles. The lowest BCUT2D eigenvalue weighted by atomic mass is 9.99. The van der Waals surface area contributed by atoms with Gasteiger partial charge in [-0.2, -0.15) is 0 Å². The summed E-state index contributed by atoms with van der Waals surface area (Å²) < 4.78 is 1.93. The monoisotopic (exact) mass is 334 g/mol. The molecule has 0 saturated carbocycles. The van der Waals surface area contributed by atoms with E-state index >= 15 is 0 Å². The van der Waals surface area contributed by atoms with Crippen LogP contribution in [0.5, 0.6) is 0 Å². The zero-order valence-electron chi connectivity index (χ0n) is 14.9. The van der Waals surface area contributed by atoms with Gasteiger partial charge in [0, 0.05) is 13.1 Å². The van der Waals surface area contributed by atoms with Gasteiger partial charge in [0.25, 0.3) is 5.91 Å². The number of nitrogens with one attached hydrogen (secondary N) is 2. The van der Waals surface area contributed by atoms with Gasteiger partial charge in [0.1, 0.15) is 0 Å². The minimum Gasteiger partial charge on any atom is -0.349 e. The van der Waals surface area contributed by atoms with Crippen LogP contribution >= 0.6 is 0 Å². The Morgan fingerprint density at radius 1 is 1.25 bits per heavy atom. The van der Waals surface area contributed by atoms with Gasteiger partial charge in [-0.3, -0.25) is 4.79 Å². The maximum atomic E-state index is 12.4. The van der Waals surface area contributed by atoms with Crippen molar-refractivity contribution in [1.29, 1.82) is 0 Å². The zero-order valence-corrected chi connectivity index (χ0v) is 14.9. The summed E-state index contributed by atoms with van der Waals surface area (Å²) in [6, 6.07) is 0.357. The van der Waals surface area contributed by atoms with Gasteiger partial charge >= 0.3 is 0 Å². The van der Waals surface area contributed by atoms with E-state index in [4.69, 9.17) is 0 Å². The van der Waals surface area contributed by atoms with Crippen LogP contribution in [0.2, 0.25) is 0 Å². The highest BCUT2D eigenvalue weighted by Gasteiger charge is 2.23. The van der Waals surface area contributed by atoms with E-state index < -0.39 is 0 Å². The third-order valence-corrected chi connectivity index (χ3v) is 5.39. The van der Waals surface area contributed by atoms with E-state index in [-0.39, 0.29) is 5.91 Å². The minimum absolute atomic E-state index is 0.0990. The lowest BCUT2D eigenvalue weighted by Gasteiger charge is -2.30. The van der Waals surface area contributed by atoms with E-state index in [9.17, 15) is 4.79 Å². The Bertz CT molecular complexity index is 543. The molecule has 24 heavy (non-hydrogen) atoms. The first-order valence-corrected chi connectivity index (χ1v) is 9.28. The van der Waals surface area contributed by atoms with E-state index in [1.807, 2.05) is 11.6 Å². The van der Waals surface area contributed by atoms with Gasteiger partial charge in [-0.15, -0.1) is 5.10 Å². The molecule has 2 fully saturated rings. The van der Waals surface area contributed by atoms with Gasteiger partial charge in [0.15, 0.2) is 5.69 Å². The smallest absolute Gasteiger partial charge is 0.273 e. The molecule has 7 heteroatoms. The Morgan fingerprint density at radius 3 is 2.67 bits per heavy atom. The maximum Gasteiger partial charge on any atom is 0.273 e. The number of hydrogen-bond acceptors (Lipinski definition) is 5. The Labute approximate surface area is 144 Å². The molecule has 2 aliphatic rings. The number of carbonyl (C=O) groups excluding carboxylic acids is 1. The molecule has 0 spiro atoms. The summed E-state index contributed by atoms with van der Waals surface area (Å²) in [4.78, 5) is 14.8. The van der Waals surface area contributed by atoms with Crippen LogP contribution in [0.15, 0.2) is 0 Å². The molecular weight excluding hydrogens is 304 g/mol. The van der Waals surface area contributed by atoms with Crippen LogP contribution in [0.4, 0.5) is 0 Å². The molecule has 1 aromatic rings. The minimum atomic E-state index is -0.0990. The van der Waals surface area contributed by atoms with E-state index in [1.54, 1.807) is 0 Å². The molecule has 1 aromatic heterocycles. The SMILES string of the molecule is Cc1c(C(=O)NCCN2CCC(C)CC2)nnn1C1CCNCC1. The number of amides is 1. The summed E-state index contributed by atoms with van der Waals surface area (Å²) in [7, 11) is 0. The Morgan fingerprint density at radius 2 is 1.96 bits per heavy atom. The van der Waals surface area contributed by atoms with Crippen LogP contribution in [-0.2, 0) is 0 Å². The highest BCUT2D eigenvalue weighted by Crippen LogP contribution is 2.20. The van der Waals surface area contributed by atoms with Crippen molar-refractivity contribution in [3.05, 3.63) is 11.4 Å². The number of likely N-dealkylation sites (tertiary alicyclic amines) is 1. The molecule has 1 amide bonds. The van der Waals surface area contributed by atoms with Gasteiger partial charge in [-0.1, -0.05) is 12.1 Å². The molecule has 0 unspecified atom stereocenters. The van der Waals surface area contributed by atoms with Crippen LogP contribution in [-0.4, -0.2) is 65.1 Å². The summed E-state index contributed by atoms with van der Waals surface area (Å²) in [5, 5.41) is 14.7. The van der Waals surface area contributed by atoms with Crippen molar-refractivity contribution < 1.29 is 4.79 Å². The fraction of sp³-hybridized carbons (Fsp3) is 0.824. The van der Waals surface area contributed by atoms with Gasteiger partial charge in [-0.05, 0) is 64.7 Å². The lowest BCUT2D eigenvalue weighted by molar-refractivity contribution is 0.0938. The Hall–Kier alpha value is -1.47. The fourth-order valence-electron chi connectivity index (χ4n) is 3.65. The van der Waals surface area contributed by atoms with Gasteiger partial charge in [-0.25, -0.2) is 4.68 Å². The predicted octanol–water partition coefficient (Wildman–Crippen LogP) is 0.973. The highest BCUT2D eigenvalue weighted by atomic mass is 16.2. The molecule has 3 rings (SSSR count). The maximum absolute atomic E-state index is 12.4. The first-order chi connectivity index (χ1) is 11.6. The van der Waals surface area contributed by atoms with E-state index in [0.29, 0.717) is 18.3 Å². The van der Waals surface area contributed by atoms with Crippen molar-refractivity contribution in [1.82, 2.24) is 30.5 Å². The fourth-order valence-corrected chi connectivity index (χ4v) is 3.65. The quantitative estimate of drug-likeness (QED) is 0.839. The summed E-state index contributed by atoms with van der Waals surface area (Å²) in [6.45, 7) is 10.1. The van der Waals surface area contributed by atoms with Crippen molar-refractivity contribution in [3.63, 3.8) is 0 Å². The molecule has 0 aromatic carbocycles. The Kier molecular flexibility index (Phi) is 5.84. The normalized spacial score (nSPS) is 21.1. The molecule has 2 N–H and O–H groups in total. The van der Waals surface area contributed by atoms with Crippen molar-refractivity contribution in [2.24, 2.45) is 5.92 Å². The average Bonchev–Trinajstić information content (AvgIpc) is 2.99. The number of piperidine rings is 2. The van der Waals surface area contributed by atoms with Gasteiger partial charge in [0.05, 0.1) is 11.7 Å². The van der Waals surface area contributed by atoms with E-state index in [0.717, 1.165) is 57.2 Å². The standard InChI is InChI=1S/C17H30N6O/c1-13-5-10-22(11-6-13)12-9-19-17(24)16-14(2)23(21-20-16)15-3-7-18-8-4-15/h13,15,18H,3-12H2,1-2H3,(H,19,24). The van der Waals surface area contributed by atoms with Gasteiger partial charge in [0.2, 0.25) is 0 Å². The molecule has 0 bridgehead atoms. The first kappa shape index (κ1) is 17.4. The molecule has 2 aliphatic heterocycles. The van der Waals surface area contributed by atoms with E-state index in [2.05, 4.69) is 32.8 Å². The van der Waals surface area contributed by atoms with Gasteiger partial charge < -0.3 is 15.5 Å². The third kappa shape index (κ3) is 4.13. The van der Waals surface area contributed by atoms with Crippen LogP contribution in [0, 0.1) is 12.8 Å². The second kappa shape index (κ2) is 8.07. The largest absolute Gasteiger partial charge is 0.349 e. The average molecular weight is 334 g/mol. The molecule has 0 aliphatic carbocycles. The molecule has 2 saturated heterocycles. The summed E-state index contributed by atoms with van der Waals surface area (Å²) in [6.07, 6.45) is 4.60. The number of nitrogens with zero attached hydrogens (tertiary/aromatic N) is 4. The number of carbonyl (C=O) groups is 1. The van der Waals surface area contributed by atoms with Crippen LogP contribution < -0.4 is 10.6 Å². The molecule has 0 atom stereocenters. The molecule has 0 radical (unpaired) electrons. The zero-order chi connectivity index (χ0) is 16.9. The molecule has 7 nitrogen and oxygen atoms in total.